The van der Waals surface area contributed by atoms with Crippen molar-refractivity contribution < 1.29 is 9.50 Å². The van der Waals surface area contributed by atoms with Gasteiger partial charge >= 0.3 is 0 Å². The van der Waals surface area contributed by atoms with Gasteiger partial charge in [0.25, 0.3) is 0 Å². The van der Waals surface area contributed by atoms with Gasteiger partial charge in [-0.2, -0.15) is 0 Å². The van der Waals surface area contributed by atoms with Gasteiger partial charge in [0.1, 0.15) is 5.82 Å². The number of hydrogen-bond acceptors (Lipinski definition) is 1. The van der Waals surface area contributed by atoms with Gasteiger partial charge in [-0.3, -0.25) is 0 Å². The lowest BCUT2D eigenvalue weighted by Gasteiger charge is -2.30. The molecule has 0 fully saturated rings. The Hall–Kier alpha value is -1.38. The van der Waals surface area contributed by atoms with Gasteiger partial charge < -0.3 is 5.11 Å². The molecule has 0 saturated heterocycles. The van der Waals surface area contributed by atoms with Crippen LogP contribution in [0.2, 0.25) is 5.02 Å². The van der Waals surface area contributed by atoms with E-state index in [9.17, 15) is 9.50 Å². The van der Waals surface area contributed by atoms with E-state index >= 15 is 0 Å². The summed E-state index contributed by atoms with van der Waals surface area (Å²) in [7, 11) is 0. The standard InChI is InChI=1S/C17H16ClFO/c18-15-6-3-7-16(19)14(15)10-12-9-8-11-4-1-2-5-13(11)17(12)20/h1-7,12,17,20H,8-10H2. The Morgan fingerprint density at radius 2 is 1.95 bits per heavy atom. The van der Waals surface area contributed by atoms with Crippen LogP contribution >= 0.6 is 11.6 Å². The largest absolute Gasteiger partial charge is 0.388 e. The highest BCUT2D eigenvalue weighted by Gasteiger charge is 2.28. The topological polar surface area (TPSA) is 20.2 Å². The molecule has 1 aliphatic rings. The summed E-state index contributed by atoms with van der Waals surface area (Å²) < 4.78 is 13.9. The van der Waals surface area contributed by atoms with Crippen molar-refractivity contribution in [3.05, 3.63) is 70.0 Å². The summed E-state index contributed by atoms with van der Waals surface area (Å²) in [5, 5.41) is 10.9. The van der Waals surface area contributed by atoms with Crippen LogP contribution in [0.3, 0.4) is 0 Å². The first-order chi connectivity index (χ1) is 9.66. The molecule has 104 valence electrons. The van der Waals surface area contributed by atoms with Crippen LogP contribution in [0.4, 0.5) is 4.39 Å². The molecule has 1 N–H and O–H groups in total. The molecule has 0 aliphatic heterocycles. The molecule has 3 heteroatoms. The lowest BCUT2D eigenvalue weighted by atomic mass is 9.78. The Balaban J connectivity index is 1.87. The zero-order valence-corrected chi connectivity index (χ0v) is 11.8. The SMILES string of the molecule is OC1c2ccccc2CCC1Cc1c(F)cccc1Cl. The van der Waals surface area contributed by atoms with E-state index < -0.39 is 6.10 Å². The first-order valence-electron chi connectivity index (χ1n) is 6.85. The van der Waals surface area contributed by atoms with E-state index in [0.717, 1.165) is 18.4 Å². The van der Waals surface area contributed by atoms with Crippen LogP contribution in [0.15, 0.2) is 42.5 Å². The highest BCUT2D eigenvalue weighted by Crippen LogP contribution is 2.37. The van der Waals surface area contributed by atoms with Gasteiger partial charge in [-0.15, -0.1) is 0 Å². The summed E-state index contributed by atoms with van der Waals surface area (Å²) >= 11 is 6.08. The number of aliphatic hydroxyl groups excluding tert-OH is 1. The smallest absolute Gasteiger partial charge is 0.127 e. The quantitative estimate of drug-likeness (QED) is 0.873. The van der Waals surface area contributed by atoms with Crippen molar-refractivity contribution in [2.45, 2.75) is 25.4 Å². The second kappa shape index (κ2) is 5.55. The zero-order valence-electron chi connectivity index (χ0n) is 11.0. The summed E-state index contributed by atoms with van der Waals surface area (Å²) in [5.41, 5.74) is 2.67. The third-order valence-corrected chi connectivity index (χ3v) is 4.49. The van der Waals surface area contributed by atoms with Gasteiger partial charge in [-0.25, -0.2) is 4.39 Å². The third kappa shape index (κ3) is 2.46. The highest BCUT2D eigenvalue weighted by molar-refractivity contribution is 6.31. The summed E-state index contributed by atoms with van der Waals surface area (Å²) in [6, 6.07) is 12.6. The molecule has 2 aromatic carbocycles. The fourth-order valence-corrected chi connectivity index (χ4v) is 3.25. The maximum absolute atomic E-state index is 13.9. The number of hydrogen-bond donors (Lipinski definition) is 1. The van der Waals surface area contributed by atoms with Crippen molar-refractivity contribution in [3.8, 4) is 0 Å². The molecule has 0 radical (unpaired) electrons. The van der Waals surface area contributed by atoms with Crippen molar-refractivity contribution in [2.24, 2.45) is 5.92 Å². The Morgan fingerprint density at radius 1 is 1.15 bits per heavy atom. The molecule has 2 unspecified atom stereocenters. The molecule has 0 amide bonds. The van der Waals surface area contributed by atoms with Gasteiger partial charge in [0.05, 0.1) is 6.10 Å². The first kappa shape index (κ1) is 13.6. The van der Waals surface area contributed by atoms with Crippen molar-refractivity contribution in [2.75, 3.05) is 0 Å². The Morgan fingerprint density at radius 3 is 2.75 bits per heavy atom. The Labute approximate surface area is 123 Å². The lowest BCUT2D eigenvalue weighted by Crippen LogP contribution is -2.22. The fraction of sp³-hybridized carbons (Fsp3) is 0.294. The fourth-order valence-electron chi connectivity index (χ4n) is 3.01. The average molecular weight is 291 g/mol. The molecule has 0 bridgehead atoms. The minimum Gasteiger partial charge on any atom is -0.388 e. The molecular weight excluding hydrogens is 275 g/mol. The van der Waals surface area contributed by atoms with E-state index in [0.29, 0.717) is 17.0 Å². The number of aliphatic hydroxyl groups is 1. The predicted molar refractivity (Wildman–Crippen MR) is 78.3 cm³/mol. The summed E-state index contributed by atoms with van der Waals surface area (Å²) in [5.74, 6) is -0.275. The summed E-state index contributed by atoms with van der Waals surface area (Å²) in [6.45, 7) is 0. The summed E-state index contributed by atoms with van der Waals surface area (Å²) in [6.07, 6.45) is 1.70. The van der Waals surface area contributed by atoms with Gasteiger partial charge in [-0.1, -0.05) is 41.9 Å². The normalized spacial score (nSPS) is 21.6. The van der Waals surface area contributed by atoms with E-state index in [2.05, 4.69) is 0 Å². The van der Waals surface area contributed by atoms with E-state index in [1.165, 1.54) is 11.6 Å². The Bertz CT molecular complexity index is 606. The zero-order chi connectivity index (χ0) is 14.1. The van der Waals surface area contributed by atoms with Crippen LogP contribution in [0.25, 0.3) is 0 Å². The predicted octanol–water partition coefficient (Wildman–Crippen LogP) is 4.32. The van der Waals surface area contributed by atoms with Crippen molar-refractivity contribution in [1.82, 2.24) is 0 Å². The molecule has 0 spiro atoms. The van der Waals surface area contributed by atoms with Gasteiger partial charge in [0.15, 0.2) is 0 Å². The Kier molecular flexibility index (Phi) is 3.77. The molecule has 2 atom stereocenters. The van der Waals surface area contributed by atoms with Crippen LogP contribution in [-0.2, 0) is 12.8 Å². The molecule has 20 heavy (non-hydrogen) atoms. The molecular formula is C17H16ClFO. The third-order valence-electron chi connectivity index (χ3n) is 4.13. The highest BCUT2D eigenvalue weighted by atomic mass is 35.5. The lowest BCUT2D eigenvalue weighted by molar-refractivity contribution is 0.0932. The van der Waals surface area contributed by atoms with Gasteiger partial charge in [0.2, 0.25) is 0 Å². The maximum atomic E-state index is 13.9. The molecule has 0 heterocycles. The van der Waals surface area contributed by atoms with Crippen molar-refractivity contribution >= 4 is 11.6 Å². The van der Waals surface area contributed by atoms with Crippen LogP contribution in [0.5, 0.6) is 0 Å². The second-order valence-electron chi connectivity index (χ2n) is 5.35. The molecule has 2 aromatic rings. The minimum atomic E-state index is -0.546. The van der Waals surface area contributed by atoms with Crippen molar-refractivity contribution in [1.29, 1.82) is 0 Å². The maximum Gasteiger partial charge on any atom is 0.127 e. The molecule has 0 saturated carbocycles. The number of benzene rings is 2. The van der Waals surface area contributed by atoms with E-state index in [-0.39, 0.29) is 11.7 Å². The molecule has 3 rings (SSSR count). The molecule has 1 aliphatic carbocycles. The van der Waals surface area contributed by atoms with Gasteiger partial charge in [-0.05, 0) is 48.4 Å². The molecule has 1 nitrogen and oxygen atoms in total. The minimum absolute atomic E-state index is 0.0132. The van der Waals surface area contributed by atoms with Crippen LogP contribution in [0, 0.1) is 11.7 Å². The van der Waals surface area contributed by atoms with E-state index in [1.54, 1.807) is 12.1 Å². The monoisotopic (exact) mass is 290 g/mol. The number of rotatable bonds is 2. The average Bonchev–Trinajstić information content (AvgIpc) is 2.45. The number of fused-ring (bicyclic) bond motifs is 1. The second-order valence-corrected chi connectivity index (χ2v) is 5.75. The van der Waals surface area contributed by atoms with E-state index in [4.69, 9.17) is 11.6 Å². The van der Waals surface area contributed by atoms with Crippen LogP contribution in [0.1, 0.15) is 29.2 Å². The van der Waals surface area contributed by atoms with Crippen LogP contribution in [-0.4, -0.2) is 5.11 Å². The number of halogens is 2. The first-order valence-corrected chi connectivity index (χ1v) is 7.23. The van der Waals surface area contributed by atoms with Gasteiger partial charge in [0, 0.05) is 10.6 Å². The number of aryl methyl sites for hydroxylation is 1. The van der Waals surface area contributed by atoms with Crippen LogP contribution < -0.4 is 0 Å². The molecule has 0 aromatic heterocycles. The van der Waals surface area contributed by atoms with E-state index in [1.807, 2.05) is 24.3 Å². The van der Waals surface area contributed by atoms with Crippen molar-refractivity contribution in [3.63, 3.8) is 0 Å². The summed E-state index contributed by atoms with van der Waals surface area (Å²) in [4.78, 5) is 0.